The molecule has 0 spiro atoms. The van der Waals surface area contributed by atoms with Crippen LogP contribution in [0.5, 0.6) is 0 Å². The largest absolute Gasteiger partial charge is 0.394 e. The molecule has 100 valence electrons. The molecule has 0 aromatic carbocycles. The number of carbonyl (C=O) groups is 1. The molecule has 1 rings (SSSR count). The molecule has 1 fully saturated rings. The predicted molar refractivity (Wildman–Crippen MR) is 68.5 cm³/mol. The molecule has 0 heterocycles. The molecule has 1 amide bonds. The minimum atomic E-state index is -0.346. The third-order valence-electron chi connectivity index (χ3n) is 3.78. The number of carbonyl (C=O) groups excluding carboxylic acids is 1. The number of hydrogen-bond donors (Lipinski definition) is 3. The Labute approximate surface area is 104 Å². The van der Waals surface area contributed by atoms with Gasteiger partial charge in [-0.1, -0.05) is 26.2 Å². The number of aliphatic hydroxyl groups excluding tert-OH is 1. The van der Waals surface area contributed by atoms with Gasteiger partial charge in [-0.25, -0.2) is 0 Å². The number of nitrogens with one attached hydrogen (secondary N) is 1. The van der Waals surface area contributed by atoms with Gasteiger partial charge in [0.2, 0.25) is 5.91 Å². The molecule has 1 unspecified atom stereocenters. The molecule has 0 aromatic heterocycles. The van der Waals surface area contributed by atoms with Crippen molar-refractivity contribution in [1.29, 1.82) is 0 Å². The van der Waals surface area contributed by atoms with E-state index in [2.05, 4.69) is 12.2 Å². The average molecular weight is 242 g/mol. The summed E-state index contributed by atoms with van der Waals surface area (Å²) in [6.07, 6.45) is 6.55. The lowest BCUT2D eigenvalue weighted by atomic mass is 9.82. The average Bonchev–Trinajstić information content (AvgIpc) is 2.37. The molecule has 0 saturated heterocycles. The molecule has 0 aliphatic heterocycles. The van der Waals surface area contributed by atoms with E-state index in [4.69, 9.17) is 5.73 Å². The summed E-state index contributed by atoms with van der Waals surface area (Å²) < 4.78 is 0. The number of rotatable bonds is 6. The molecule has 4 nitrogen and oxygen atoms in total. The number of nitrogens with two attached hydrogens (primary N) is 1. The van der Waals surface area contributed by atoms with Crippen molar-refractivity contribution < 1.29 is 9.90 Å². The predicted octanol–water partition coefficient (Wildman–Crippen LogP) is 1.17. The standard InChI is InChI=1S/C13H26N2O2/c1-11(9-14)5-6-12(17)15-13(10-16)7-3-2-4-8-13/h11,16H,2-10,14H2,1H3,(H,15,17). The van der Waals surface area contributed by atoms with Gasteiger partial charge < -0.3 is 16.2 Å². The lowest BCUT2D eigenvalue weighted by Crippen LogP contribution is -2.52. The van der Waals surface area contributed by atoms with Crippen LogP contribution in [0.1, 0.15) is 51.9 Å². The summed E-state index contributed by atoms with van der Waals surface area (Å²) in [7, 11) is 0. The van der Waals surface area contributed by atoms with Crippen LogP contribution in [0.25, 0.3) is 0 Å². The van der Waals surface area contributed by atoms with Gasteiger partial charge in [0.25, 0.3) is 0 Å². The smallest absolute Gasteiger partial charge is 0.220 e. The summed E-state index contributed by atoms with van der Waals surface area (Å²) in [5, 5.41) is 12.5. The van der Waals surface area contributed by atoms with Crippen molar-refractivity contribution in [3.05, 3.63) is 0 Å². The lowest BCUT2D eigenvalue weighted by Gasteiger charge is -2.36. The summed E-state index contributed by atoms with van der Waals surface area (Å²) >= 11 is 0. The second kappa shape index (κ2) is 6.97. The summed E-state index contributed by atoms with van der Waals surface area (Å²) in [4.78, 5) is 11.8. The summed E-state index contributed by atoms with van der Waals surface area (Å²) in [5.41, 5.74) is 5.18. The van der Waals surface area contributed by atoms with E-state index in [1.165, 1.54) is 6.42 Å². The second-order valence-electron chi connectivity index (χ2n) is 5.43. The van der Waals surface area contributed by atoms with Crippen LogP contribution in [0.15, 0.2) is 0 Å². The van der Waals surface area contributed by atoms with Crippen LogP contribution in [0.3, 0.4) is 0 Å². The Morgan fingerprint density at radius 2 is 2.06 bits per heavy atom. The van der Waals surface area contributed by atoms with E-state index in [0.717, 1.165) is 32.1 Å². The first-order chi connectivity index (χ1) is 8.12. The fourth-order valence-corrected chi connectivity index (χ4v) is 2.40. The quantitative estimate of drug-likeness (QED) is 0.654. The highest BCUT2D eigenvalue weighted by Gasteiger charge is 2.32. The first-order valence-corrected chi connectivity index (χ1v) is 6.74. The van der Waals surface area contributed by atoms with Gasteiger partial charge in [-0.3, -0.25) is 4.79 Å². The van der Waals surface area contributed by atoms with Crippen molar-refractivity contribution in [2.45, 2.75) is 57.4 Å². The molecule has 4 N–H and O–H groups in total. The number of amides is 1. The molecule has 1 atom stereocenters. The number of hydrogen-bond acceptors (Lipinski definition) is 3. The number of aliphatic hydroxyl groups is 1. The maximum Gasteiger partial charge on any atom is 0.220 e. The van der Waals surface area contributed by atoms with E-state index in [1.807, 2.05) is 0 Å². The fourth-order valence-electron chi connectivity index (χ4n) is 2.40. The van der Waals surface area contributed by atoms with E-state index in [0.29, 0.717) is 18.9 Å². The molecule has 4 heteroatoms. The van der Waals surface area contributed by atoms with Crippen LogP contribution in [-0.2, 0) is 4.79 Å². The third kappa shape index (κ3) is 4.64. The Balaban J connectivity index is 2.37. The highest BCUT2D eigenvalue weighted by atomic mass is 16.3. The van der Waals surface area contributed by atoms with E-state index in [9.17, 15) is 9.90 Å². The monoisotopic (exact) mass is 242 g/mol. The first kappa shape index (κ1) is 14.5. The second-order valence-corrected chi connectivity index (χ2v) is 5.43. The van der Waals surface area contributed by atoms with Crippen LogP contribution in [0.4, 0.5) is 0 Å². The van der Waals surface area contributed by atoms with E-state index in [-0.39, 0.29) is 18.1 Å². The minimum Gasteiger partial charge on any atom is -0.394 e. The summed E-state index contributed by atoms with van der Waals surface area (Å²) in [6, 6.07) is 0. The molecule has 0 bridgehead atoms. The van der Waals surface area contributed by atoms with Crippen LogP contribution in [0.2, 0.25) is 0 Å². The van der Waals surface area contributed by atoms with Gasteiger partial charge >= 0.3 is 0 Å². The van der Waals surface area contributed by atoms with Gasteiger partial charge in [-0.15, -0.1) is 0 Å². The van der Waals surface area contributed by atoms with Crippen LogP contribution >= 0.6 is 0 Å². The zero-order chi connectivity index (χ0) is 12.7. The van der Waals surface area contributed by atoms with Gasteiger partial charge in [0.05, 0.1) is 12.1 Å². The van der Waals surface area contributed by atoms with Crippen molar-refractivity contribution in [2.24, 2.45) is 11.7 Å². The SMILES string of the molecule is CC(CN)CCC(=O)NC1(CO)CCCCC1. The zero-order valence-corrected chi connectivity index (χ0v) is 10.9. The third-order valence-corrected chi connectivity index (χ3v) is 3.78. The summed E-state index contributed by atoms with van der Waals surface area (Å²) in [6.45, 7) is 2.74. The molecule has 1 saturated carbocycles. The summed E-state index contributed by atoms with van der Waals surface area (Å²) in [5.74, 6) is 0.443. The van der Waals surface area contributed by atoms with Gasteiger partial charge in [-0.2, -0.15) is 0 Å². The maximum absolute atomic E-state index is 11.8. The van der Waals surface area contributed by atoms with Crippen LogP contribution < -0.4 is 11.1 Å². The Morgan fingerprint density at radius 1 is 1.41 bits per heavy atom. The van der Waals surface area contributed by atoms with Crippen molar-refractivity contribution in [3.8, 4) is 0 Å². The first-order valence-electron chi connectivity index (χ1n) is 6.74. The molecule has 1 aliphatic carbocycles. The molecular formula is C13H26N2O2. The Bertz CT molecular complexity index is 238. The van der Waals surface area contributed by atoms with Gasteiger partial charge in [0.1, 0.15) is 0 Å². The molecule has 1 aliphatic rings. The maximum atomic E-state index is 11.8. The molecule has 0 radical (unpaired) electrons. The van der Waals surface area contributed by atoms with Crippen LogP contribution in [0, 0.1) is 5.92 Å². The van der Waals surface area contributed by atoms with Gasteiger partial charge in [0.15, 0.2) is 0 Å². The van der Waals surface area contributed by atoms with Crippen molar-refractivity contribution in [2.75, 3.05) is 13.2 Å². The highest BCUT2D eigenvalue weighted by Crippen LogP contribution is 2.27. The van der Waals surface area contributed by atoms with Gasteiger partial charge in [0, 0.05) is 6.42 Å². The van der Waals surface area contributed by atoms with Crippen molar-refractivity contribution in [3.63, 3.8) is 0 Å². The van der Waals surface area contributed by atoms with Crippen LogP contribution in [-0.4, -0.2) is 29.7 Å². The lowest BCUT2D eigenvalue weighted by molar-refractivity contribution is -0.124. The normalized spacial score (nSPS) is 20.9. The highest BCUT2D eigenvalue weighted by molar-refractivity contribution is 5.76. The molecule has 0 aromatic rings. The van der Waals surface area contributed by atoms with E-state index >= 15 is 0 Å². The Hall–Kier alpha value is -0.610. The Kier molecular flexibility index (Phi) is 5.92. The Morgan fingerprint density at radius 3 is 2.59 bits per heavy atom. The minimum absolute atomic E-state index is 0.0567. The molecule has 17 heavy (non-hydrogen) atoms. The van der Waals surface area contributed by atoms with E-state index < -0.39 is 0 Å². The van der Waals surface area contributed by atoms with Crippen molar-refractivity contribution in [1.82, 2.24) is 5.32 Å². The van der Waals surface area contributed by atoms with E-state index in [1.54, 1.807) is 0 Å². The fraction of sp³-hybridized carbons (Fsp3) is 0.923. The van der Waals surface area contributed by atoms with Crippen molar-refractivity contribution >= 4 is 5.91 Å². The van der Waals surface area contributed by atoms with Gasteiger partial charge in [-0.05, 0) is 31.7 Å². The molecular weight excluding hydrogens is 216 g/mol. The zero-order valence-electron chi connectivity index (χ0n) is 10.9. The topological polar surface area (TPSA) is 75.4 Å².